The van der Waals surface area contributed by atoms with Crippen LogP contribution in [0.15, 0.2) is 0 Å². The predicted octanol–water partition coefficient (Wildman–Crippen LogP) is 1.11. The zero-order chi connectivity index (χ0) is 11.8. The van der Waals surface area contributed by atoms with Crippen molar-refractivity contribution in [3.63, 3.8) is 0 Å². The van der Waals surface area contributed by atoms with E-state index in [1.807, 2.05) is 0 Å². The Balaban J connectivity index is 1.56. The lowest BCUT2D eigenvalue weighted by Crippen LogP contribution is -2.61. The van der Waals surface area contributed by atoms with E-state index in [4.69, 9.17) is 0 Å². The maximum absolute atomic E-state index is 2.79. The number of hydrogen-bond acceptors (Lipinski definition) is 3. The molecule has 0 saturated carbocycles. The molecule has 0 aromatic rings. The van der Waals surface area contributed by atoms with Gasteiger partial charge in [-0.3, -0.25) is 9.80 Å². The predicted molar refractivity (Wildman–Crippen MR) is 71.2 cm³/mol. The summed E-state index contributed by atoms with van der Waals surface area (Å²) in [7, 11) is 0. The van der Waals surface area contributed by atoms with Gasteiger partial charge in [0.25, 0.3) is 0 Å². The molecule has 4 heterocycles. The van der Waals surface area contributed by atoms with Crippen LogP contribution in [0.1, 0.15) is 26.7 Å². The van der Waals surface area contributed by atoms with E-state index in [1.165, 1.54) is 58.7 Å². The van der Waals surface area contributed by atoms with Crippen LogP contribution in [0, 0.1) is 5.92 Å². The first kappa shape index (κ1) is 11.9. The molecule has 4 aliphatic rings. The minimum atomic E-state index is 0.726. The summed E-state index contributed by atoms with van der Waals surface area (Å²) in [5.41, 5.74) is 0. The second-order valence-corrected chi connectivity index (χ2v) is 6.37. The first-order valence-electron chi connectivity index (χ1n) is 7.44. The molecular formula is C14H27N3. The number of piperidine rings is 3. The summed E-state index contributed by atoms with van der Waals surface area (Å²) in [4.78, 5) is 8.09. The molecule has 4 rings (SSSR count). The second-order valence-electron chi connectivity index (χ2n) is 6.37. The van der Waals surface area contributed by atoms with Crippen LogP contribution in [0.4, 0.5) is 0 Å². The monoisotopic (exact) mass is 237 g/mol. The summed E-state index contributed by atoms with van der Waals surface area (Å²) in [6.07, 6.45) is 2.91. The lowest BCUT2D eigenvalue weighted by Gasteiger charge is -2.51. The van der Waals surface area contributed by atoms with Gasteiger partial charge in [-0.1, -0.05) is 0 Å². The molecule has 1 unspecified atom stereocenters. The van der Waals surface area contributed by atoms with Gasteiger partial charge in [-0.25, -0.2) is 0 Å². The van der Waals surface area contributed by atoms with Crippen molar-refractivity contribution >= 4 is 0 Å². The fraction of sp³-hybridized carbons (Fsp3) is 1.00. The SMILES string of the molecule is CC(C)N1CCN(C2CN3CCC2CC3)CC1. The Morgan fingerprint density at radius 1 is 0.882 bits per heavy atom. The van der Waals surface area contributed by atoms with E-state index in [0.717, 1.165) is 18.0 Å². The zero-order valence-corrected chi connectivity index (χ0v) is 11.4. The van der Waals surface area contributed by atoms with E-state index >= 15 is 0 Å². The molecule has 0 N–H and O–H groups in total. The third-order valence-electron chi connectivity index (χ3n) is 5.17. The van der Waals surface area contributed by atoms with E-state index in [-0.39, 0.29) is 0 Å². The van der Waals surface area contributed by atoms with Gasteiger partial charge in [-0.2, -0.15) is 0 Å². The molecule has 0 spiro atoms. The molecule has 17 heavy (non-hydrogen) atoms. The fourth-order valence-electron chi connectivity index (χ4n) is 3.93. The van der Waals surface area contributed by atoms with Gasteiger partial charge in [0.1, 0.15) is 0 Å². The van der Waals surface area contributed by atoms with Crippen LogP contribution in [-0.4, -0.2) is 72.6 Å². The Morgan fingerprint density at radius 3 is 2.00 bits per heavy atom. The zero-order valence-electron chi connectivity index (χ0n) is 11.4. The maximum atomic E-state index is 2.79. The van der Waals surface area contributed by atoms with Gasteiger partial charge in [-0.05, 0) is 45.7 Å². The fourth-order valence-corrected chi connectivity index (χ4v) is 3.93. The summed E-state index contributed by atoms with van der Waals surface area (Å²) < 4.78 is 0. The molecule has 0 aliphatic carbocycles. The first-order chi connectivity index (χ1) is 8.24. The molecule has 1 atom stereocenters. The smallest absolute Gasteiger partial charge is 0.0253 e. The molecule has 0 aromatic carbocycles. The van der Waals surface area contributed by atoms with Gasteiger partial charge in [-0.15, -0.1) is 0 Å². The van der Waals surface area contributed by atoms with E-state index in [9.17, 15) is 0 Å². The summed E-state index contributed by atoms with van der Waals surface area (Å²) in [6, 6.07) is 1.61. The Morgan fingerprint density at radius 2 is 1.53 bits per heavy atom. The van der Waals surface area contributed by atoms with Crippen molar-refractivity contribution in [2.45, 2.75) is 38.8 Å². The molecule has 0 amide bonds. The van der Waals surface area contributed by atoms with Crippen LogP contribution in [0.5, 0.6) is 0 Å². The highest BCUT2D eigenvalue weighted by molar-refractivity contribution is 4.93. The molecule has 0 aromatic heterocycles. The van der Waals surface area contributed by atoms with Crippen molar-refractivity contribution in [2.24, 2.45) is 5.92 Å². The molecule has 98 valence electrons. The van der Waals surface area contributed by atoms with Gasteiger partial charge >= 0.3 is 0 Å². The van der Waals surface area contributed by atoms with Crippen molar-refractivity contribution in [3.8, 4) is 0 Å². The van der Waals surface area contributed by atoms with Crippen LogP contribution in [-0.2, 0) is 0 Å². The highest BCUT2D eigenvalue weighted by Gasteiger charge is 2.38. The van der Waals surface area contributed by atoms with Crippen molar-refractivity contribution in [3.05, 3.63) is 0 Å². The van der Waals surface area contributed by atoms with Gasteiger partial charge in [0.15, 0.2) is 0 Å². The number of fused-ring (bicyclic) bond motifs is 3. The van der Waals surface area contributed by atoms with Crippen LogP contribution in [0.2, 0.25) is 0 Å². The van der Waals surface area contributed by atoms with Crippen molar-refractivity contribution in [2.75, 3.05) is 45.8 Å². The van der Waals surface area contributed by atoms with E-state index in [1.54, 1.807) is 0 Å². The van der Waals surface area contributed by atoms with Crippen LogP contribution < -0.4 is 0 Å². The molecule has 2 bridgehead atoms. The van der Waals surface area contributed by atoms with E-state index in [0.29, 0.717) is 0 Å². The second kappa shape index (κ2) is 4.87. The summed E-state index contributed by atoms with van der Waals surface area (Å²) in [6.45, 7) is 13.9. The molecule has 4 aliphatic heterocycles. The van der Waals surface area contributed by atoms with E-state index in [2.05, 4.69) is 28.5 Å². The van der Waals surface area contributed by atoms with Gasteiger partial charge in [0, 0.05) is 44.8 Å². The third-order valence-corrected chi connectivity index (χ3v) is 5.17. The Bertz CT molecular complexity index is 250. The molecular weight excluding hydrogens is 210 g/mol. The number of piperazine rings is 1. The van der Waals surface area contributed by atoms with Crippen molar-refractivity contribution in [1.82, 2.24) is 14.7 Å². The quantitative estimate of drug-likeness (QED) is 0.712. The minimum Gasteiger partial charge on any atom is -0.302 e. The Labute approximate surface area is 106 Å². The molecule has 4 fully saturated rings. The van der Waals surface area contributed by atoms with E-state index < -0.39 is 0 Å². The van der Waals surface area contributed by atoms with Gasteiger partial charge in [0.2, 0.25) is 0 Å². The summed E-state index contributed by atoms with van der Waals surface area (Å²) in [5, 5.41) is 0. The Kier molecular flexibility index (Phi) is 3.42. The third kappa shape index (κ3) is 2.38. The number of rotatable bonds is 2. The van der Waals surface area contributed by atoms with Crippen molar-refractivity contribution in [1.29, 1.82) is 0 Å². The maximum Gasteiger partial charge on any atom is 0.0253 e. The lowest BCUT2D eigenvalue weighted by molar-refractivity contribution is -0.0191. The summed E-state index contributed by atoms with van der Waals surface area (Å²) >= 11 is 0. The average Bonchev–Trinajstić information content (AvgIpc) is 2.40. The average molecular weight is 237 g/mol. The number of nitrogens with zero attached hydrogens (tertiary/aromatic N) is 3. The molecule has 3 heteroatoms. The van der Waals surface area contributed by atoms with Gasteiger partial charge in [0.05, 0.1) is 0 Å². The topological polar surface area (TPSA) is 9.72 Å². The highest BCUT2D eigenvalue weighted by atomic mass is 15.3. The Hall–Kier alpha value is -0.120. The molecule has 3 nitrogen and oxygen atoms in total. The van der Waals surface area contributed by atoms with Crippen molar-refractivity contribution < 1.29 is 0 Å². The first-order valence-corrected chi connectivity index (χ1v) is 7.44. The van der Waals surface area contributed by atoms with Gasteiger partial charge < -0.3 is 4.90 Å². The normalized spacial score (nSPS) is 40.1. The molecule has 0 radical (unpaired) electrons. The summed E-state index contributed by atoms with van der Waals surface area (Å²) in [5.74, 6) is 1.01. The largest absolute Gasteiger partial charge is 0.302 e. The van der Waals surface area contributed by atoms with Crippen LogP contribution >= 0.6 is 0 Å². The standard InChI is InChI=1S/C14H27N3/c1-12(2)16-7-9-17(10-8-16)14-11-15-5-3-13(14)4-6-15/h12-14H,3-11H2,1-2H3. The highest BCUT2D eigenvalue weighted by Crippen LogP contribution is 2.31. The minimum absolute atomic E-state index is 0.726. The van der Waals surface area contributed by atoms with Crippen LogP contribution in [0.25, 0.3) is 0 Å². The lowest BCUT2D eigenvalue weighted by atomic mass is 9.83. The number of hydrogen-bond donors (Lipinski definition) is 0. The van der Waals surface area contributed by atoms with Crippen LogP contribution in [0.3, 0.4) is 0 Å². The molecule has 4 saturated heterocycles.